The predicted molar refractivity (Wildman–Crippen MR) is 84.8 cm³/mol. The summed E-state index contributed by atoms with van der Waals surface area (Å²) >= 11 is 0. The highest BCUT2D eigenvalue weighted by atomic mass is 16.5. The first kappa shape index (κ1) is 16.4. The lowest BCUT2D eigenvalue weighted by Gasteiger charge is -2.22. The van der Waals surface area contributed by atoms with Crippen LogP contribution >= 0.6 is 0 Å². The summed E-state index contributed by atoms with van der Waals surface area (Å²) in [5.74, 6) is -1.32. The maximum Gasteiger partial charge on any atom is 0.355 e. The Bertz CT molecular complexity index is 640. The summed E-state index contributed by atoms with van der Waals surface area (Å²) in [6, 6.07) is 8.80. The topological polar surface area (TPSA) is 88.1 Å². The highest BCUT2D eigenvalue weighted by molar-refractivity contribution is 6.38. The number of para-hydroxylation sites is 1. The number of benzene rings is 1. The predicted octanol–water partition coefficient (Wildman–Crippen LogP) is 1.01. The van der Waals surface area contributed by atoms with Gasteiger partial charge in [0.2, 0.25) is 5.91 Å². The van der Waals surface area contributed by atoms with Gasteiger partial charge in [0.05, 0.1) is 5.69 Å². The first-order valence-corrected chi connectivity index (χ1v) is 7.12. The highest BCUT2D eigenvalue weighted by Gasteiger charge is 2.26. The van der Waals surface area contributed by atoms with E-state index >= 15 is 0 Å². The van der Waals surface area contributed by atoms with E-state index in [2.05, 4.69) is 17.0 Å². The molecule has 23 heavy (non-hydrogen) atoms. The third kappa shape index (κ3) is 4.50. The van der Waals surface area contributed by atoms with Crippen LogP contribution in [0.1, 0.15) is 12.8 Å². The number of esters is 1. The molecule has 7 nitrogen and oxygen atoms in total. The van der Waals surface area contributed by atoms with Crippen molar-refractivity contribution < 1.29 is 19.1 Å². The molecule has 0 atom stereocenters. The largest absolute Gasteiger partial charge is 0.451 e. The molecule has 0 aliphatic carbocycles. The molecule has 2 amide bonds. The third-order valence-corrected chi connectivity index (χ3v) is 3.05. The fraction of sp³-hybridized carbons (Fsp3) is 0.250. The van der Waals surface area contributed by atoms with E-state index in [0.717, 1.165) is 0 Å². The fourth-order valence-corrected chi connectivity index (χ4v) is 1.92. The molecular weight excluding hydrogens is 298 g/mol. The van der Waals surface area contributed by atoms with E-state index < -0.39 is 18.5 Å². The smallest absolute Gasteiger partial charge is 0.355 e. The molecular formula is C16H17N3O4. The third-order valence-electron chi connectivity index (χ3n) is 3.05. The molecule has 0 unspecified atom stereocenters. The molecule has 0 spiro atoms. The summed E-state index contributed by atoms with van der Waals surface area (Å²) in [6.45, 7) is 3.37. The molecule has 1 aromatic carbocycles. The molecule has 0 saturated heterocycles. The van der Waals surface area contributed by atoms with Crippen molar-refractivity contribution in [3.8, 4) is 0 Å². The van der Waals surface area contributed by atoms with Crippen molar-refractivity contribution in [1.82, 2.24) is 5.32 Å². The molecule has 1 N–H and O–H groups in total. The van der Waals surface area contributed by atoms with E-state index in [0.29, 0.717) is 12.2 Å². The Hall–Kier alpha value is -2.96. The molecule has 1 aliphatic rings. The zero-order chi connectivity index (χ0) is 16.7. The van der Waals surface area contributed by atoms with Crippen molar-refractivity contribution in [3.05, 3.63) is 43.0 Å². The number of anilines is 1. The first-order valence-electron chi connectivity index (χ1n) is 7.12. The van der Waals surface area contributed by atoms with Gasteiger partial charge in [0.1, 0.15) is 5.71 Å². The average Bonchev–Trinajstić information content (AvgIpc) is 2.59. The summed E-state index contributed by atoms with van der Waals surface area (Å²) in [5.41, 5.74) is 0.691. The van der Waals surface area contributed by atoms with E-state index in [9.17, 15) is 14.4 Å². The molecule has 1 aliphatic heterocycles. The number of carbonyl (C=O) groups excluding carboxylic acids is 3. The molecule has 0 saturated carbocycles. The minimum Gasteiger partial charge on any atom is -0.451 e. The second-order valence-electron chi connectivity index (χ2n) is 4.76. The summed E-state index contributed by atoms with van der Waals surface area (Å²) in [4.78, 5) is 35.3. The number of hydrogen-bond acceptors (Lipinski definition) is 5. The Morgan fingerprint density at radius 1 is 1.30 bits per heavy atom. The normalized spacial score (nSPS) is 14.0. The zero-order valence-corrected chi connectivity index (χ0v) is 12.5. The van der Waals surface area contributed by atoms with E-state index in [1.807, 2.05) is 6.07 Å². The van der Waals surface area contributed by atoms with E-state index in [1.54, 1.807) is 24.3 Å². The van der Waals surface area contributed by atoms with Crippen LogP contribution in [0.5, 0.6) is 0 Å². The maximum atomic E-state index is 12.0. The number of nitrogens with zero attached hydrogens (tertiary/aromatic N) is 2. The Labute approximate surface area is 133 Å². The van der Waals surface area contributed by atoms with Crippen LogP contribution in [0.15, 0.2) is 48.1 Å². The number of hydrazone groups is 1. The standard InChI is InChI=1S/C16H17N3O4/c1-2-10-17-14(20)11-23-16(22)13-8-9-15(21)19(18-13)12-6-4-3-5-7-12/h2-7H,1,8-11H2,(H,17,20). The summed E-state index contributed by atoms with van der Waals surface area (Å²) in [7, 11) is 0. The number of amides is 2. The Morgan fingerprint density at radius 3 is 2.74 bits per heavy atom. The van der Waals surface area contributed by atoms with Crippen LogP contribution in [0.4, 0.5) is 5.69 Å². The van der Waals surface area contributed by atoms with Crippen LogP contribution in [-0.2, 0) is 19.1 Å². The first-order chi connectivity index (χ1) is 11.1. The lowest BCUT2D eigenvalue weighted by molar-refractivity contribution is -0.142. The second-order valence-corrected chi connectivity index (χ2v) is 4.76. The second kappa shape index (κ2) is 7.88. The van der Waals surface area contributed by atoms with Gasteiger partial charge in [-0.1, -0.05) is 24.3 Å². The molecule has 1 aromatic rings. The van der Waals surface area contributed by atoms with Gasteiger partial charge in [-0.15, -0.1) is 6.58 Å². The van der Waals surface area contributed by atoms with Gasteiger partial charge in [0.15, 0.2) is 6.61 Å². The van der Waals surface area contributed by atoms with E-state index in [1.165, 1.54) is 11.1 Å². The summed E-state index contributed by atoms with van der Waals surface area (Å²) in [6.07, 6.45) is 1.87. The van der Waals surface area contributed by atoms with Gasteiger partial charge >= 0.3 is 5.97 Å². The molecule has 0 aromatic heterocycles. The van der Waals surface area contributed by atoms with Gasteiger partial charge in [0, 0.05) is 19.4 Å². The van der Waals surface area contributed by atoms with Gasteiger partial charge in [-0.05, 0) is 12.1 Å². The molecule has 1 heterocycles. The number of hydrogen-bond donors (Lipinski definition) is 1. The summed E-state index contributed by atoms with van der Waals surface area (Å²) < 4.78 is 4.91. The van der Waals surface area contributed by atoms with Crippen LogP contribution < -0.4 is 10.3 Å². The van der Waals surface area contributed by atoms with Crippen molar-refractivity contribution >= 4 is 29.2 Å². The van der Waals surface area contributed by atoms with Gasteiger partial charge in [-0.25, -0.2) is 9.80 Å². The minimum absolute atomic E-state index is 0.116. The van der Waals surface area contributed by atoms with Gasteiger partial charge in [-0.3, -0.25) is 9.59 Å². The quantitative estimate of drug-likeness (QED) is 0.627. The van der Waals surface area contributed by atoms with Gasteiger partial charge in [-0.2, -0.15) is 5.10 Å². The lowest BCUT2D eigenvalue weighted by Crippen LogP contribution is -2.36. The Balaban J connectivity index is 2.01. The molecule has 0 fully saturated rings. The maximum absolute atomic E-state index is 12.0. The molecule has 120 valence electrons. The summed E-state index contributed by atoms with van der Waals surface area (Å²) in [5, 5.41) is 7.72. The number of nitrogens with one attached hydrogen (secondary N) is 1. The fourth-order valence-electron chi connectivity index (χ4n) is 1.92. The minimum atomic E-state index is -0.702. The van der Waals surface area contributed by atoms with E-state index in [4.69, 9.17) is 4.74 Å². The van der Waals surface area contributed by atoms with Crippen molar-refractivity contribution in [3.63, 3.8) is 0 Å². The Kier molecular flexibility index (Phi) is 5.62. The number of carbonyl (C=O) groups is 3. The van der Waals surface area contributed by atoms with Crippen LogP contribution in [0.3, 0.4) is 0 Å². The van der Waals surface area contributed by atoms with Crippen LogP contribution in [0, 0.1) is 0 Å². The van der Waals surface area contributed by atoms with Crippen LogP contribution in [-0.4, -0.2) is 36.6 Å². The van der Waals surface area contributed by atoms with Crippen LogP contribution in [0.2, 0.25) is 0 Å². The van der Waals surface area contributed by atoms with Gasteiger partial charge < -0.3 is 10.1 Å². The Morgan fingerprint density at radius 2 is 2.04 bits per heavy atom. The highest BCUT2D eigenvalue weighted by Crippen LogP contribution is 2.19. The average molecular weight is 315 g/mol. The number of ether oxygens (including phenoxy) is 1. The van der Waals surface area contributed by atoms with Gasteiger partial charge in [0.25, 0.3) is 5.91 Å². The number of rotatable bonds is 6. The lowest BCUT2D eigenvalue weighted by atomic mass is 10.1. The zero-order valence-electron chi connectivity index (χ0n) is 12.5. The monoisotopic (exact) mass is 315 g/mol. The van der Waals surface area contributed by atoms with Crippen molar-refractivity contribution in [2.75, 3.05) is 18.2 Å². The van der Waals surface area contributed by atoms with Crippen molar-refractivity contribution in [2.24, 2.45) is 5.10 Å². The van der Waals surface area contributed by atoms with E-state index in [-0.39, 0.29) is 24.5 Å². The molecule has 2 rings (SSSR count). The molecule has 0 bridgehead atoms. The SMILES string of the molecule is C=CCNC(=O)COC(=O)C1=NN(c2ccccc2)C(=O)CC1. The molecule has 0 radical (unpaired) electrons. The van der Waals surface area contributed by atoms with Crippen molar-refractivity contribution in [1.29, 1.82) is 0 Å². The van der Waals surface area contributed by atoms with Crippen molar-refractivity contribution in [2.45, 2.75) is 12.8 Å². The van der Waals surface area contributed by atoms with Crippen LogP contribution in [0.25, 0.3) is 0 Å². The molecule has 7 heteroatoms.